The molecule has 1 aliphatic heterocycles. The van der Waals surface area contributed by atoms with Crippen molar-refractivity contribution in [2.45, 2.75) is 45.7 Å². The van der Waals surface area contributed by atoms with Crippen LogP contribution in [0.15, 0.2) is 24.3 Å². The fourth-order valence-corrected chi connectivity index (χ4v) is 2.87. The van der Waals surface area contributed by atoms with Gasteiger partial charge in [0.05, 0.1) is 25.3 Å². The van der Waals surface area contributed by atoms with Crippen LogP contribution in [0.4, 0.5) is 0 Å². The summed E-state index contributed by atoms with van der Waals surface area (Å²) in [5.41, 5.74) is 1.68. The third-order valence-corrected chi connectivity index (χ3v) is 3.97. The Morgan fingerprint density at radius 1 is 1.14 bits per heavy atom. The number of carbonyl (C=O) groups is 2. The minimum Gasteiger partial charge on any atom is -0.377 e. The third kappa shape index (κ3) is 3.70. The van der Waals surface area contributed by atoms with Crippen LogP contribution in [0.2, 0.25) is 0 Å². The van der Waals surface area contributed by atoms with E-state index >= 15 is 0 Å². The zero-order valence-electron chi connectivity index (χ0n) is 13.0. The van der Waals surface area contributed by atoms with Crippen LogP contribution in [0.5, 0.6) is 0 Å². The van der Waals surface area contributed by atoms with Gasteiger partial charge in [0, 0.05) is 18.4 Å². The second-order valence-electron chi connectivity index (χ2n) is 5.77. The van der Waals surface area contributed by atoms with Crippen LogP contribution in [-0.4, -0.2) is 41.9 Å². The molecule has 21 heavy (non-hydrogen) atoms. The number of carbonyl (C=O) groups excluding carboxylic acids is 2. The van der Waals surface area contributed by atoms with E-state index in [1.165, 1.54) is 0 Å². The van der Waals surface area contributed by atoms with Gasteiger partial charge in [0.25, 0.3) is 0 Å². The molecule has 1 aromatic carbocycles. The van der Waals surface area contributed by atoms with Crippen molar-refractivity contribution in [2.24, 2.45) is 0 Å². The first kappa shape index (κ1) is 15.7. The number of hydrogen-bond acceptors (Lipinski definition) is 3. The van der Waals surface area contributed by atoms with E-state index < -0.39 is 0 Å². The van der Waals surface area contributed by atoms with Gasteiger partial charge in [-0.25, -0.2) is 0 Å². The lowest BCUT2D eigenvalue weighted by molar-refractivity contribution is -0.144. The average Bonchev–Trinajstić information content (AvgIpc) is 2.45. The lowest BCUT2D eigenvalue weighted by atomic mass is 10.0. The lowest BCUT2D eigenvalue weighted by Gasteiger charge is -2.38. The molecule has 1 amide bonds. The summed E-state index contributed by atoms with van der Waals surface area (Å²) < 4.78 is 5.42. The van der Waals surface area contributed by atoms with E-state index in [9.17, 15) is 9.59 Å². The Kier molecular flexibility index (Phi) is 5.12. The van der Waals surface area contributed by atoms with Crippen molar-refractivity contribution in [2.75, 3.05) is 13.2 Å². The molecule has 114 valence electrons. The van der Waals surface area contributed by atoms with Crippen LogP contribution >= 0.6 is 0 Å². The largest absolute Gasteiger partial charge is 0.377 e. The maximum atomic E-state index is 12.4. The van der Waals surface area contributed by atoms with Gasteiger partial charge in [-0.15, -0.1) is 0 Å². The molecule has 1 heterocycles. The minimum atomic E-state index is 0.0371. The number of morpholine rings is 1. The number of ketones is 1. The van der Waals surface area contributed by atoms with Gasteiger partial charge in [-0.1, -0.05) is 24.3 Å². The molecule has 0 bridgehead atoms. The Balaban J connectivity index is 1.95. The molecule has 0 saturated carbocycles. The Labute approximate surface area is 126 Å². The highest BCUT2D eigenvalue weighted by molar-refractivity contribution is 5.99. The molecule has 1 saturated heterocycles. The predicted molar refractivity (Wildman–Crippen MR) is 81.3 cm³/mol. The lowest BCUT2D eigenvalue weighted by Crippen LogP contribution is -2.52. The number of aryl methyl sites for hydroxylation is 1. The summed E-state index contributed by atoms with van der Waals surface area (Å²) in [6, 6.07) is 7.66. The summed E-state index contributed by atoms with van der Waals surface area (Å²) >= 11 is 0. The highest BCUT2D eigenvalue weighted by atomic mass is 16.5. The topological polar surface area (TPSA) is 46.6 Å². The molecule has 0 N–H and O–H groups in total. The van der Waals surface area contributed by atoms with Gasteiger partial charge in [0.1, 0.15) is 0 Å². The number of amides is 1. The third-order valence-electron chi connectivity index (χ3n) is 3.97. The standard InChI is InChI=1S/C17H23NO3/c1-12-6-4-5-7-15(12)16(19)8-9-17(20)18-13(2)10-21-11-14(18)3/h4-7,13-14H,8-11H2,1-3H3. The van der Waals surface area contributed by atoms with Gasteiger partial charge in [0.2, 0.25) is 5.91 Å². The molecular weight excluding hydrogens is 266 g/mol. The second kappa shape index (κ2) is 6.85. The first-order valence-electron chi connectivity index (χ1n) is 7.48. The van der Waals surface area contributed by atoms with Crippen LogP contribution in [-0.2, 0) is 9.53 Å². The van der Waals surface area contributed by atoms with Crippen molar-refractivity contribution < 1.29 is 14.3 Å². The van der Waals surface area contributed by atoms with Crippen LogP contribution in [0.25, 0.3) is 0 Å². The smallest absolute Gasteiger partial charge is 0.223 e. The minimum absolute atomic E-state index is 0.0371. The summed E-state index contributed by atoms with van der Waals surface area (Å²) in [6.45, 7) is 7.03. The van der Waals surface area contributed by atoms with Crippen molar-refractivity contribution in [3.05, 3.63) is 35.4 Å². The van der Waals surface area contributed by atoms with Gasteiger partial charge in [-0.2, -0.15) is 0 Å². The van der Waals surface area contributed by atoms with Crippen LogP contribution < -0.4 is 0 Å². The van der Waals surface area contributed by atoms with Crippen LogP contribution in [0, 0.1) is 6.92 Å². The molecule has 1 aliphatic rings. The first-order valence-corrected chi connectivity index (χ1v) is 7.48. The number of nitrogens with zero attached hydrogens (tertiary/aromatic N) is 1. The number of hydrogen-bond donors (Lipinski definition) is 0. The van der Waals surface area contributed by atoms with Crippen molar-refractivity contribution in [1.82, 2.24) is 4.90 Å². The molecule has 2 unspecified atom stereocenters. The van der Waals surface area contributed by atoms with E-state index in [4.69, 9.17) is 4.74 Å². The fraction of sp³-hybridized carbons (Fsp3) is 0.529. The van der Waals surface area contributed by atoms with Crippen molar-refractivity contribution in [3.8, 4) is 0 Å². The van der Waals surface area contributed by atoms with E-state index in [0.29, 0.717) is 18.8 Å². The quantitative estimate of drug-likeness (QED) is 0.800. The average molecular weight is 289 g/mol. The van der Waals surface area contributed by atoms with Crippen molar-refractivity contribution >= 4 is 11.7 Å². The molecule has 4 nitrogen and oxygen atoms in total. The molecule has 0 radical (unpaired) electrons. The van der Waals surface area contributed by atoms with E-state index in [1.54, 1.807) is 0 Å². The number of benzene rings is 1. The molecule has 2 rings (SSSR count). The van der Waals surface area contributed by atoms with Gasteiger partial charge in [-0.05, 0) is 26.3 Å². The van der Waals surface area contributed by atoms with E-state index in [-0.39, 0.29) is 36.6 Å². The van der Waals surface area contributed by atoms with Gasteiger partial charge < -0.3 is 9.64 Å². The molecule has 0 aromatic heterocycles. The summed E-state index contributed by atoms with van der Waals surface area (Å²) in [5.74, 6) is 0.0789. The predicted octanol–water partition coefficient (Wildman–Crippen LogP) is 2.59. The van der Waals surface area contributed by atoms with Gasteiger partial charge in [-0.3, -0.25) is 9.59 Å². The SMILES string of the molecule is Cc1ccccc1C(=O)CCC(=O)N1C(C)COCC1C. The zero-order chi connectivity index (χ0) is 15.4. The Morgan fingerprint density at radius 2 is 1.76 bits per heavy atom. The molecule has 0 aliphatic carbocycles. The first-order chi connectivity index (χ1) is 10.0. The summed E-state index contributed by atoms with van der Waals surface area (Å²) in [4.78, 5) is 26.4. The maximum absolute atomic E-state index is 12.4. The highest BCUT2D eigenvalue weighted by Gasteiger charge is 2.29. The van der Waals surface area contributed by atoms with Crippen LogP contribution in [0.1, 0.15) is 42.6 Å². The van der Waals surface area contributed by atoms with Crippen molar-refractivity contribution in [1.29, 1.82) is 0 Å². The summed E-state index contributed by atoms with van der Waals surface area (Å²) in [6.07, 6.45) is 0.530. The molecule has 1 aromatic rings. The van der Waals surface area contributed by atoms with E-state index in [1.807, 2.05) is 49.9 Å². The number of ether oxygens (including phenoxy) is 1. The van der Waals surface area contributed by atoms with Crippen molar-refractivity contribution in [3.63, 3.8) is 0 Å². The summed E-state index contributed by atoms with van der Waals surface area (Å²) in [5, 5.41) is 0. The molecule has 1 fully saturated rings. The molecular formula is C17H23NO3. The highest BCUT2D eigenvalue weighted by Crippen LogP contribution is 2.17. The van der Waals surface area contributed by atoms with E-state index in [0.717, 1.165) is 5.56 Å². The molecule has 4 heteroatoms. The Morgan fingerprint density at radius 3 is 2.38 bits per heavy atom. The Bertz CT molecular complexity index is 517. The van der Waals surface area contributed by atoms with Gasteiger partial charge >= 0.3 is 0 Å². The fourth-order valence-electron chi connectivity index (χ4n) is 2.87. The monoisotopic (exact) mass is 289 g/mol. The molecule has 0 spiro atoms. The molecule has 2 atom stereocenters. The Hall–Kier alpha value is -1.68. The number of Topliss-reactive ketones (excluding diaryl/α,β-unsaturated/α-hetero) is 1. The normalized spacial score (nSPS) is 22.1. The van der Waals surface area contributed by atoms with E-state index in [2.05, 4.69) is 0 Å². The van der Waals surface area contributed by atoms with Gasteiger partial charge in [0.15, 0.2) is 5.78 Å². The maximum Gasteiger partial charge on any atom is 0.223 e. The zero-order valence-corrected chi connectivity index (χ0v) is 13.0. The number of rotatable bonds is 4. The van der Waals surface area contributed by atoms with Crippen LogP contribution in [0.3, 0.4) is 0 Å². The summed E-state index contributed by atoms with van der Waals surface area (Å²) in [7, 11) is 0. The second-order valence-corrected chi connectivity index (χ2v) is 5.77.